The largest absolute Gasteiger partial charge is 0.488 e. The van der Waals surface area contributed by atoms with Crippen LogP contribution in [0.1, 0.15) is 19.4 Å². The van der Waals surface area contributed by atoms with Crippen molar-refractivity contribution < 1.29 is 4.74 Å². The average Bonchev–Trinajstić information content (AvgIpc) is 2.24. The van der Waals surface area contributed by atoms with Gasteiger partial charge in [0.15, 0.2) is 0 Å². The van der Waals surface area contributed by atoms with E-state index >= 15 is 0 Å². The molecule has 1 aromatic rings. The van der Waals surface area contributed by atoms with Crippen molar-refractivity contribution in [3.63, 3.8) is 0 Å². The van der Waals surface area contributed by atoms with Crippen LogP contribution >= 0.6 is 15.9 Å². The van der Waals surface area contributed by atoms with Crippen LogP contribution in [-0.2, 0) is 6.54 Å². The van der Waals surface area contributed by atoms with Gasteiger partial charge in [0.05, 0.1) is 0 Å². The van der Waals surface area contributed by atoms with Crippen LogP contribution in [0.25, 0.3) is 0 Å². The highest BCUT2D eigenvalue weighted by molar-refractivity contribution is 9.11. The summed E-state index contributed by atoms with van der Waals surface area (Å²) in [7, 11) is 0. The Balaban J connectivity index is 2.63. The van der Waals surface area contributed by atoms with E-state index in [1.807, 2.05) is 18.2 Å². The van der Waals surface area contributed by atoms with Gasteiger partial charge in [-0.15, -0.1) is 0 Å². The van der Waals surface area contributed by atoms with Crippen molar-refractivity contribution in [1.29, 1.82) is 0 Å². The molecule has 88 valence electrons. The Kier molecular flexibility index (Phi) is 5.56. The lowest BCUT2D eigenvalue weighted by Crippen LogP contribution is -2.22. The third-order valence-corrected chi connectivity index (χ3v) is 2.29. The Bertz CT molecular complexity index is 350. The summed E-state index contributed by atoms with van der Waals surface area (Å²) < 4.78 is 6.49. The number of rotatable bonds is 6. The van der Waals surface area contributed by atoms with Crippen molar-refractivity contribution >= 4 is 15.9 Å². The molecule has 0 unspecified atom stereocenters. The number of hydrogen-bond donors (Lipinski definition) is 1. The standard InChI is InChI=1S/C13H18BrNO/c1-10(2)15-8-12-6-4-5-7-13(12)16-9-11(3)14/h4-7,10,15H,3,8-9H2,1-2H3. The van der Waals surface area contributed by atoms with E-state index < -0.39 is 0 Å². The van der Waals surface area contributed by atoms with Gasteiger partial charge < -0.3 is 10.1 Å². The number of hydrogen-bond acceptors (Lipinski definition) is 2. The zero-order chi connectivity index (χ0) is 12.0. The van der Waals surface area contributed by atoms with Crippen LogP contribution in [0, 0.1) is 0 Å². The van der Waals surface area contributed by atoms with Crippen LogP contribution in [0.15, 0.2) is 35.3 Å². The van der Waals surface area contributed by atoms with Gasteiger partial charge in [-0.2, -0.15) is 0 Å². The maximum atomic E-state index is 5.64. The third kappa shape index (κ3) is 4.81. The molecule has 3 heteroatoms. The molecular formula is C13H18BrNO. The number of para-hydroxylation sites is 1. The SMILES string of the molecule is C=C(Br)COc1ccccc1CNC(C)C. The summed E-state index contributed by atoms with van der Waals surface area (Å²) in [6.45, 7) is 9.33. The van der Waals surface area contributed by atoms with Crippen LogP contribution < -0.4 is 10.1 Å². The summed E-state index contributed by atoms with van der Waals surface area (Å²) in [4.78, 5) is 0. The molecule has 0 aliphatic rings. The molecule has 0 aromatic heterocycles. The second kappa shape index (κ2) is 6.71. The lowest BCUT2D eigenvalue weighted by atomic mass is 10.2. The molecular weight excluding hydrogens is 266 g/mol. The average molecular weight is 284 g/mol. The van der Waals surface area contributed by atoms with Crippen LogP contribution in [0.4, 0.5) is 0 Å². The van der Waals surface area contributed by atoms with Gasteiger partial charge >= 0.3 is 0 Å². The molecule has 1 aromatic carbocycles. The van der Waals surface area contributed by atoms with E-state index in [1.165, 1.54) is 5.56 Å². The molecule has 0 spiro atoms. The quantitative estimate of drug-likeness (QED) is 0.863. The van der Waals surface area contributed by atoms with Crippen LogP contribution in [0.5, 0.6) is 5.75 Å². The monoisotopic (exact) mass is 283 g/mol. The van der Waals surface area contributed by atoms with E-state index in [-0.39, 0.29) is 0 Å². The van der Waals surface area contributed by atoms with Crippen LogP contribution in [0.2, 0.25) is 0 Å². The van der Waals surface area contributed by atoms with Crippen molar-refractivity contribution in [3.05, 3.63) is 40.9 Å². The van der Waals surface area contributed by atoms with Gasteiger partial charge in [-0.05, 0) is 6.07 Å². The molecule has 1 N–H and O–H groups in total. The number of benzene rings is 1. The fraction of sp³-hybridized carbons (Fsp3) is 0.385. The van der Waals surface area contributed by atoms with Crippen LogP contribution in [-0.4, -0.2) is 12.6 Å². The Morgan fingerprint density at radius 1 is 1.44 bits per heavy atom. The number of nitrogens with one attached hydrogen (secondary N) is 1. The first kappa shape index (κ1) is 13.3. The van der Waals surface area contributed by atoms with Gasteiger partial charge in [0.1, 0.15) is 12.4 Å². The fourth-order valence-corrected chi connectivity index (χ4v) is 1.38. The summed E-state index contributed by atoms with van der Waals surface area (Å²) in [5.74, 6) is 0.913. The highest BCUT2D eigenvalue weighted by atomic mass is 79.9. The normalized spacial score (nSPS) is 10.5. The molecule has 0 heterocycles. The predicted molar refractivity (Wildman–Crippen MR) is 72.0 cm³/mol. The van der Waals surface area contributed by atoms with Gasteiger partial charge in [0, 0.05) is 22.6 Å². The second-order valence-corrected chi connectivity index (χ2v) is 5.07. The van der Waals surface area contributed by atoms with Crippen molar-refractivity contribution in [2.75, 3.05) is 6.61 Å². The van der Waals surface area contributed by atoms with E-state index in [2.05, 4.69) is 47.7 Å². The molecule has 0 aliphatic heterocycles. The Morgan fingerprint density at radius 2 is 2.12 bits per heavy atom. The zero-order valence-electron chi connectivity index (χ0n) is 9.79. The summed E-state index contributed by atoms with van der Waals surface area (Å²) in [6, 6.07) is 8.52. The maximum absolute atomic E-state index is 5.64. The Morgan fingerprint density at radius 3 is 2.75 bits per heavy atom. The predicted octanol–water partition coefficient (Wildman–Crippen LogP) is 3.47. The summed E-state index contributed by atoms with van der Waals surface area (Å²) >= 11 is 3.28. The zero-order valence-corrected chi connectivity index (χ0v) is 11.4. The highest BCUT2D eigenvalue weighted by Gasteiger charge is 2.03. The molecule has 2 nitrogen and oxygen atoms in total. The summed E-state index contributed by atoms with van der Waals surface area (Å²) in [5.41, 5.74) is 1.17. The Labute approximate surface area is 106 Å². The van der Waals surface area contributed by atoms with Crippen molar-refractivity contribution in [3.8, 4) is 5.75 Å². The molecule has 0 bridgehead atoms. The van der Waals surface area contributed by atoms with Crippen molar-refractivity contribution in [2.45, 2.75) is 26.4 Å². The number of halogens is 1. The molecule has 0 aliphatic carbocycles. The molecule has 16 heavy (non-hydrogen) atoms. The minimum absolute atomic E-state index is 0.471. The molecule has 0 fully saturated rings. The van der Waals surface area contributed by atoms with Gasteiger partial charge in [-0.25, -0.2) is 0 Å². The Hall–Kier alpha value is -0.800. The fourth-order valence-electron chi connectivity index (χ4n) is 1.26. The smallest absolute Gasteiger partial charge is 0.124 e. The van der Waals surface area contributed by atoms with E-state index in [4.69, 9.17) is 4.74 Å². The summed E-state index contributed by atoms with van der Waals surface area (Å²) in [5, 5.41) is 3.38. The highest BCUT2D eigenvalue weighted by Crippen LogP contribution is 2.19. The first-order valence-electron chi connectivity index (χ1n) is 5.37. The van der Waals surface area contributed by atoms with Gasteiger partial charge in [-0.1, -0.05) is 54.6 Å². The third-order valence-electron chi connectivity index (χ3n) is 2.06. The van der Waals surface area contributed by atoms with Crippen LogP contribution in [0.3, 0.4) is 0 Å². The molecule has 0 saturated heterocycles. The van der Waals surface area contributed by atoms with Gasteiger partial charge in [-0.3, -0.25) is 0 Å². The van der Waals surface area contributed by atoms with E-state index in [9.17, 15) is 0 Å². The first-order chi connectivity index (χ1) is 7.59. The number of ether oxygens (including phenoxy) is 1. The minimum atomic E-state index is 0.471. The van der Waals surface area contributed by atoms with E-state index in [0.29, 0.717) is 12.6 Å². The first-order valence-corrected chi connectivity index (χ1v) is 6.16. The van der Waals surface area contributed by atoms with Gasteiger partial charge in [0.2, 0.25) is 0 Å². The molecule has 0 radical (unpaired) electrons. The van der Waals surface area contributed by atoms with E-state index in [0.717, 1.165) is 16.8 Å². The topological polar surface area (TPSA) is 21.3 Å². The lowest BCUT2D eigenvalue weighted by Gasteiger charge is -2.13. The minimum Gasteiger partial charge on any atom is -0.488 e. The summed E-state index contributed by atoms with van der Waals surface area (Å²) in [6.07, 6.45) is 0. The van der Waals surface area contributed by atoms with Gasteiger partial charge in [0.25, 0.3) is 0 Å². The molecule has 0 saturated carbocycles. The molecule has 0 atom stereocenters. The second-order valence-electron chi connectivity index (χ2n) is 3.95. The maximum Gasteiger partial charge on any atom is 0.124 e. The van der Waals surface area contributed by atoms with Crippen molar-refractivity contribution in [2.24, 2.45) is 0 Å². The van der Waals surface area contributed by atoms with Crippen molar-refractivity contribution in [1.82, 2.24) is 5.32 Å². The lowest BCUT2D eigenvalue weighted by molar-refractivity contribution is 0.355. The molecule has 1 rings (SSSR count). The van der Waals surface area contributed by atoms with E-state index in [1.54, 1.807) is 0 Å². The molecule has 0 amide bonds.